The van der Waals surface area contributed by atoms with E-state index >= 15 is 0 Å². The Morgan fingerprint density at radius 1 is 1.22 bits per heavy atom. The highest BCUT2D eigenvalue weighted by molar-refractivity contribution is 4.75. The van der Waals surface area contributed by atoms with Crippen LogP contribution >= 0.6 is 0 Å². The summed E-state index contributed by atoms with van der Waals surface area (Å²) in [7, 11) is 0. The zero-order valence-electron chi connectivity index (χ0n) is 12.4. The zero-order valence-corrected chi connectivity index (χ0v) is 12.4. The van der Waals surface area contributed by atoms with Gasteiger partial charge in [0.2, 0.25) is 0 Å². The Hall–Kier alpha value is -0.120. The van der Waals surface area contributed by atoms with Gasteiger partial charge in [-0.15, -0.1) is 0 Å². The van der Waals surface area contributed by atoms with Crippen molar-refractivity contribution in [3.8, 4) is 0 Å². The summed E-state index contributed by atoms with van der Waals surface area (Å²) in [4.78, 5) is 0. The monoisotopic (exact) mass is 257 g/mol. The third kappa shape index (κ3) is 7.34. The van der Waals surface area contributed by atoms with E-state index in [0.717, 1.165) is 32.7 Å². The first-order valence-corrected chi connectivity index (χ1v) is 7.66. The Balaban J connectivity index is 1.96. The largest absolute Gasteiger partial charge is 0.379 e. The number of unbranched alkanes of at least 4 members (excludes halogenated alkanes) is 2. The molecule has 0 saturated carbocycles. The molecule has 1 saturated heterocycles. The zero-order chi connectivity index (χ0) is 13.2. The van der Waals surface area contributed by atoms with Gasteiger partial charge in [-0.2, -0.15) is 0 Å². The van der Waals surface area contributed by atoms with E-state index in [9.17, 15) is 0 Å². The lowest BCUT2D eigenvalue weighted by molar-refractivity contribution is -0.0150. The molecule has 0 aromatic rings. The van der Waals surface area contributed by atoms with Crippen molar-refractivity contribution in [2.75, 3.05) is 26.3 Å². The normalized spacial score (nSPS) is 24.0. The Kier molecular flexibility index (Phi) is 8.64. The molecule has 108 valence electrons. The van der Waals surface area contributed by atoms with E-state index in [4.69, 9.17) is 9.47 Å². The molecule has 0 aromatic heterocycles. The average Bonchev–Trinajstić information content (AvgIpc) is 2.76. The highest BCUT2D eigenvalue weighted by atomic mass is 16.5. The standard InChI is InChI=1S/C15H31NO2/c1-4-5-6-9-17-12-15-8-7-14(18-15)11-16-10-13(2)3/h13-16H,4-12H2,1-3H3. The fourth-order valence-corrected chi connectivity index (χ4v) is 2.25. The number of hydrogen-bond acceptors (Lipinski definition) is 3. The minimum absolute atomic E-state index is 0.331. The van der Waals surface area contributed by atoms with E-state index in [1.807, 2.05) is 0 Å². The molecule has 0 aliphatic carbocycles. The van der Waals surface area contributed by atoms with Crippen LogP contribution in [0.2, 0.25) is 0 Å². The molecule has 0 spiro atoms. The van der Waals surface area contributed by atoms with Crippen LogP contribution in [0.4, 0.5) is 0 Å². The van der Waals surface area contributed by atoms with Gasteiger partial charge in [-0.3, -0.25) is 0 Å². The van der Waals surface area contributed by atoms with Crippen LogP contribution in [-0.4, -0.2) is 38.5 Å². The van der Waals surface area contributed by atoms with Gasteiger partial charge in [0.25, 0.3) is 0 Å². The van der Waals surface area contributed by atoms with E-state index in [-0.39, 0.29) is 0 Å². The lowest BCUT2D eigenvalue weighted by atomic mass is 10.2. The Bertz CT molecular complexity index is 197. The molecule has 1 aliphatic heterocycles. The van der Waals surface area contributed by atoms with Crippen LogP contribution < -0.4 is 5.32 Å². The first-order valence-electron chi connectivity index (χ1n) is 7.66. The van der Waals surface area contributed by atoms with Gasteiger partial charge in [0.15, 0.2) is 0 Å². The second-order valence-electron chi connectivity index (χ2n) is 5.79. The maximum absolute atomic E-state index is 5.96. The Labute approximate surface area is 113 Å². The third-order valence-corrected chi connectivity index (χ3v) is 3.32. The van der Waals surface area contributed by atoms with Crippen molar-refractivity contribution >= 4 is 0 Å². The lowest BCUT2D eigenvalue weighted by Crippen LogP contribution is -2.30. The first kappa shape index (κ1) is 15.9. The second-order valence-corrected chi connectivity index (χ2v) is 5.79. The minimum Gasteiger partial charge on any atom is -0.379 e. The predicted molar refractivity (Wildman–Crippen MR) is 75.9 cm³/mol. The van der Waals surface area contributed by atoms with Crippen LogP contribution in [0.25, 0.3) is 0 Å². The lowest BCUT2D eigenvalue weighted by Gasteiger charge is -2.15. The van der Waals surface area contributed by atoms with Gasteiger partial charge < -0.3 is 14.8 Å². The molecule has 0 radical (unpaired) electrons. The Morgan fingerprint density at radius 2 is 2.00 bits per heavy atom. The van der Waals surface area contributed by atoms with Crippen LogP contribution in [0, 0.1) is 5.92 Å². The summed E-state index contributed by atoms with van der Waals surface area (Å²) in [6, 6.07) is 0. The Morgan fingerprint density at radius 3 is 2.72 bits per heavy atom. The van der Waals surface area contributed by atoms with Crippen LogP contribution in [0.3, 0.4) is 0 Å². The molecular formula is C15H31NO2. The minimum atomic E-state index is 0.331. The molecule has 1 fully saturated rings. The number of nitrogens with one attached hydrogen (secondary N) is 1. The van der Waals surface area contributed by atoms with Crippen molar-refractivity contribution in [3.05, 3.63) is 0 Å². The summed E-state index contributed by atoms with van der Waals surface area (Å²) in [6.07, 6.45) is 6.77. The van der Waals surface area contributed by atoms with Crippen LogP contribution in [-0.2, 0) is 9.47 Å². The molecule has 1 rings (SSSR count). The fourth-order valence-electron chi connectivity index (χ4n) is 2.25. The molecule has 1 aliphatic rings. The quantitative estimate of drug-likeness (QED) is 0.610. The van der Waals surface area contributed by atoms with Gasteiger partial charge in [0, 0.05) is 13.2 Å². The topological polar surface area (TPSA) is 30.5 Å². The van der Waals surface area contributed by atoms with Crippen LogP contribution in [0.1, 0.15) is 52.9 Å². The summed E-state index contributed by atoms with van der Waals surface area (Å²) in [5.41, 5.74) is 0. The third-order valence-electron chi connectivity index (χ3n) is 3.32. The average molecular weight is 257 g/mol. The van der Waals surface area contributed by atoms with Gasteiger partial charge >= 0.3 is 0 Å². The highest BCUT2D eigenvalue weighted by Gasteiger charge is 2.24. The van der Waals surface area contributed by atoms with Crippen molar-refractivity contribution in [3.63, 3.8) is 0 Å². The fraction of sp³-hybridized carbons (Fsp3) is 1.00. The summed E-state index contributed by atoms with van der Waals surface area (Å²) < 4.78 is 11.6. The molecule has 3 heteroatoms. The maximum Gasteiger partial charge on any atom is 0.0813 e. The molecule has 3 nitrogen and oxygen atoms in total. The summed E-state index contributed by atoms with van der Waals surface area (Å²) in [5, 5.41) is 3.47. The first-order chi connectivity index (χ1) is 8.72. The van der Waals surface area contributed by atoms with Crippen LogP contribution in [0.5, 0.6) is 0 Å². The van der Waals surface area contributed by atoms with Crippen LogP contribution in [0.15, 0.2) is 0 Å². The van der Waals surface area contributed by atoms with Crippen molar-refractivity contribution in [1.29, 1.82) is 0 Å². The van der Waals surface area contributed by atoms with Crippen molar-refractivity contribution < 1.29 is 9.47 Å². The second kappa shape index (κ2) is 9.76. The van der Waals surface area contributed by atoms with Crippen molar-refractivity contribution in [2.45, 2.75) is 65.1 Å². The maximum atomic E-state index is 5.96. The molecule has 1 heterocycles. The van der Waals surface area contributed by atoms with E-state index in [0.29, 0.717) is 18.1 Å². The van der Waals surface area contributed by atoms with E-state index in [1.165, 1.54) is 25.7 Å². The molecule has 0 amide bonds. The predicted octanol–water partition coefficient (Wildman–Crippen LogP) is 2.99. The van der Waals surface area contributed by atoms with Gasteiger partial charge in [-0.1, -0.05) is 33.6 Å². The number of rotatable bonds is 10. The molecule has 2 atom stereocenters. The van der Waals surface area contributed by atoms with Gasteiger partial charge in [-0.05, 0) is 31.7 Å². The number of ether oxygens (including phenoxy) is 2. The summed E-state index contributed by atoms with van der Waals surface area (Å²) in [6.45, 7) is 10.4. The van der Waals surface area contributed by atoms with Gasteiger partial charge in [-0.25, -0.2) is 0 Å². The van der Waals surface area contributed by atoms with Gasteiger partial charge in [0.1, 0.15) is 0 Å². The molecule has 0 aromatic carbocycles. The smallest absolute Gasteiger partial charge is 0.0813 e. The van der Waals surface area contributed by atoms with Crippen molar-refractivity contribution in [2.24, 2.45) is 5.92 Å². The SMILES string of the molecule is CCCCCOCC1CCC(CNCC(C)C)O1. The summed E-state index contributed by atoms with van der Waals surface area (Å²) in [5.74, 6) is 0.712. The number of hydrogen-bond donors (Lipinski definition) is 1. The van der Waals surface area contributed by atoms with Crippen molar-refractivity contribution in [1.82, 2.24) is 5.32 Å². The molecule has 18 heavy (non-hydrogen) atoms. The van der Waals surface area contributed by atoms with E-state index < -0.39 is 0 Å². The molecular weight excluding hydrogens is 226 g/mol. The van der Waals surface area contributed by atoms with E-state index in [2.05, 4.69) is 26.1 Å². The summed E-state index contributed by atoms with van der Waals surface area (Å²) >= 11 is 0. The molecule has 1 N–H and O–H groups in total. The van der Waals surface area contributed by atoms with E-state index in [1.54, 1.807) is 0 Å². The van der Waals surface area contributed by atoms with Gasteiger partial charge in [0.05, 0.1) is 18.8 Å². The molecule has 0 bridgehead atoms. The highest BCUT2D eigenvalue weighted by Crippen LogP contribution is 2.19. The molecule has 2 unspecified atom stereocenters.